The lowest BCUT2D eigenvalue weighted by molar-refractivity contribution is -0.119. The molecule has 0 aromatic carbocycles. The molecule has 0 aliphatic heterocycles. The number of hydrogen-bond donors (Lipinski definition) is 2. The van der Waals surface area contributed by atoms with Crippen LogP contribution in [0.2, 0.25) is 0 Å². The molecule has 2 atom stereocenters. The Bertz CT molecular complexity index is 470. The van der Waals surface area contributed by atoms with Crippen molar-refractivity contribution in [1.29, 1.82) is 0 Å². The number of amides is 2. The van der Waals surface area contributed by atoms with Gasteiger partial charge in [-0.3, -0.25) is 9.59 Å². The lowest BCUT2D eigenvalue weighted by Crippen LogP contribution is -2.45. The summed E-state index contributed by atoms with van der Waals surface area (Å²) < 4.78 is -0.737. The molecule has 0 heterocycles. The van der Waals surface area contributed by atoms with Gasteiger partial charge in [0, 0.05) is 10.5 Å². The number of carbonyl (C=O) groups excluding carboxylic acids is 4. The van der Waals surface area contributed by atoms with Gasteiger partial charge in [0.05, 0.1) is 6.04 Å². The molecule has 0 aliphatic carbocycles. The minimum atomic E-state index is -0.999. The molecule has 0 saturated heterocycles. The second-order valence-corrected chi connectivity index (χ2v) is 7.13. The lowest BCUT2D eigenvalue weighted by Gasteiger charge is -2.27. The van der Waals surface area contributed by atoms with Gasteiger partial charge in [0.25, 0.3) is 11.8 Å². The first kappa shape index (κ1) is 18.7. The summed E-state index contributed by atoms with van der Waals surface area (Å²) in [6.07, 6.45) is 2.26. The van der Waals surface area contributed by atoms with Gasteiger partial charge in [-0.1, -0.05) is 21.6 Å². The molecule has 4 N–H and O–H groups in total. The van der Waals surface area contributed by atoms with Crippen molar-refractivity contribution in [3.63, 3.8) is 0 Å². The van der Waals surface area contributed by atoms with E-state index in [1.807, 2.05) is 0 Å². The van der Waals surface area contributed by atoms with E-state index in [-0.39, 0.29) is 5.75 Å². The van der Waals surface area contributed by atoms with Gasteiger partial charge in [0.1, 0.15) is 6.04 Å². The molecule has 0 aromatic heterocycles. The molecule has 20 heavy (non-hydrogen) atoms. The monoisotopic (exact) mass is 318 g/mol. The molecule has 0 bridgehead atoms. The Hall–Kier alpha value is -1.28. The first-order chi connectivity index (χ1) is 9.26. The number of nitrogens with two attached hydrogens (primary N) is 2. The third kappa shape index (κ3) is 6.25. The topological polar surface area (TPSA) is 145 Å². The van der Waals surface area contributed by atoms with Crippen molar-refractivity contribution < 1.29 is 19.2 Å². The smallest absolute Gasteiger partial charge is 0.274 e. The number of hydrogen-bond acceptors (Lipinski definition) is 8. The van der Waals surface area contributed by atoms with Crippen molar-refractivity contribution in [3.05, 3.63) is 0 Å². The number of rotatable bonds is 7. The van der Waals surface area contributed by atoms with Crippen molar-refractivity contribution >= 4 is 45.6 Å². The van der Waals surface area contributed by atoms with Gasteiger partial charge in [0.15, 0.2) is 0 Å². The maximum absolute atomic E-state index is 11.4. The van der Waals surface area contributed by atoms with Gasteiger partial charge in [0.2, 0.25) is 12.2 Å². The zero-order chi connectivity index (χ0) is 15.8. The van der Waals surface area contributed by atoms with E-state index in [0.29, 0.717) is 0 Å². The second kappa shape index (κ2) is 8.80. The van der Waals surface area contributed by atoms with Crippen LogP contribution in [0.1, 0.15) is 13.8 Å². The molecule has 8 nitrogen and oxygen atoms in total. The predicted octanol–water partition coefficient (Wildman–Crippen LogP) is -0.474. The van der Waals surface area contributed by atoms with Crippen LogP contribution >= 0.6 is 21.6 Å². The van der Waals surface area contributed by atoms with Gasteiger partial charge in [-0.15, -0.1) is 9.98 Å². The zero-order valence-corrected chi connectivity index (χ0v) is 12.5. The van der Waals surface area contributed by atoms with Gasteiger partial charge < -0.3 is 11.5 Å². The highest BCUT2D eigenvalue weighted by Gasteiger charge is 2.33. The fraction of sp³-hybridized carbons (Fsp3) is 0.600. The van der Waals surface area contributed by atoms with Crippen LogP contribution in [0.4, 0.5) is 0 Å². The molecule has 110 valence electrons. The molecule has 0 rings (SSSR count). The largest absolute Gasteiger partial charge is 0.319 e. The molecular formula is C10H14N4O4S2. The fourth-order valence-electron chi connectivity index (χ4n) is 0.922. The van der Waals surface area contributed by atoms with E-state index in [4.69, 9.17) is 11.5 Å². The summed E-state index contributed by atoms with van der Waals surface area (Å²) >= 11 is 0. The third-order valence-electron chi connectivity index (χ3n) is 2.17. The molecule has 0 aliphatic rings. The van der Waals surface area contributed by atoms with E-state index in [2.05, 4.69) is 9.98 Å². The molecule has 0 radical (unpaired) electrons. The number of aliphatic imine (C=N–C) groups is 2. The highest BCUT2D eigenvalue weighted by atomic mass is 33.1. The summed E-state index contributed by atoms with van der Waals surface area (Å²) in [5, 5.41) is 0. The van der Waals surface area contributed by atoms with E-state index in [1.165, 1.54) is 21.6 Å². The number of isocyanates is 2. The molecule has 10 heteroatoms. The molecule has 0 fully saturated rings. The Kier molecular flexibility index (Phi) is 8.24. The van der Waals surface area contributed by atoms with Crippen molar-refractivity contribution in [2.24, 2.45) is 21.5 Å². The maximum atomic E-state index is 11.4. The molecule has 0 aromatic rings. The van der Waals surface area contributed by atoms with Gasteiger partial charge in [-0.25, -0.2) is 9.59 Å². The second-order valence-electron chi connectivity index (χ2n) is 4.14. The fourth-order valence-corrected chi connectivity index (χ4v) is 3.65. The molecular weight excluding hydrogens is 304 g/mol. The van der Waals surface area contributed by atoms with Crippen molar-refractivity contribution in [1.82, 2.24) is 0 Å². The Morgan fingerprint density at radius 2 is 1.65 bits per heavy atom. The molecule has 2 amide bonds. The number of carbonyl (C=O) groups is 2. The van der Waals surface area contributed by atoms with Gasteiger partial charge in [-0.2, -0.15) is 0 Å². The van der Waals surface area contributed by atoms with Crippen LogP contribution in [0, 0.1) is 0 Å². The average Bonchev–Trinajstić information content (AvgIpc) is 2.37. The van der Waals surface area contributed by atoms with Crippen LogP contribution in [0.25, 0.3) is 0 Å². The van der Waals surface area contributed by atoms with Crippen molar-refractivity contribution in [2.45, 2.75) is 30.7 Å². The average molecular weight is 318 g/mol. The van der Waals surface area contributed by atoms with Crippen LogP contribution < -0.4 is 11.5 Å². The molecule has 2 unspecified atom stereocenters. The third-order valence-corrected chi connectivity index (χ3v) is 5.51. The van der Waals surface area contributed by atoms with Crippen LogP contribution in [-0.2, 0) is 19.2 Å². The van der Waals surface area contributed by atoms with E-state index >= 15 is 0 Å². The van der Waals surface area contributed by atoms with Crippen LogP contribution in [0.15, 0.2) is 9.98 Å². The van der Waals surface area contributed by atoms with Gasteiger partial charge >= 0.3 is 0 Å². The van der Waals surface area contributed by atoms with E-state index < -0.39 is 28.6 Å². The lowest BCUT2D eigenvalue weighted by atomic mass is 10.0. The quantitative estimate of drug-likeness (QED) is 0.364. The van der Waals surface area contributed by atoms with E-state index in [0.717, 1.165) is 12.2 Å². The Balaban J connectivity index is 4.42. The zero-order valence-electron chi connectivity index (χ0n) is 10.9. The first-order valence-electron chi connectivity index (χ1n) is 5.31. The van der Waals surface area contributed by atoms with Gasteiger partial charge in [-0.05, 0) is 13.8 Å². The maximum Gasteiger partial charge on any atom is 0.274 e. The number of nitrogens with zero attached hydrogens (tertiary/aromatic N) is 2. The first-order valence-corrected chi connectivity index (χ1v) is 7.63. The Morgan fingerprint density at radius 1 is 1.15 bits per heavy atom. The predicted molar refractivity (Wildman–Crippen MR) is 76.3 cm³/mol. The summed E-state index contributed by atoms with van der Waals surface area (Å²) in [5.74, 6) is -1.36. The summed E-state index contributed by atoms with van der Waals surface area (Å²) in [6, 6.07) is -1.94. The van der Waals surface area contributed by atoms with E-state index in [1.54, 1.807) is 13.8 Å². The Morgan fingerprint density at radius 3 is 2.15 bits per heavy atom. The normalized spacial score (nSPS) is 13.6. The van der Waals surface area contributed by atoms with Crippen molar-refractivity contribution in [3.8, 4) is 0 Å². The minimum Gasteiger partial charge on any atom is -0.319 e. The Labute approximate surface area is 123 Å². The SMILES string of the molecule is CC(C)(SSCC(N)C(=O)N=C=O)C(N)C(=O)N=C=O. The van der Waals surface area contributed by atoms with Crippen molar-refractivity contribution in [2.75, 3.05) is 5.75 Å². The highest BCUT2D eigenvalue weighted by Crippen LogP contribution is 2.38. The molecule has 0 spiro atoms. The van der Waals surface area contributed by atoms with Crippen LogP contribution in [0.5, 0.6) is 0 Å². The summed E-state index contributed by atoms with van der Waals surface area (Å²) in [6.45, 7) is 3.37. The van der Waals surface area contributed by atoms with Crippen LogP contribution in [-0.4, -0.2) is 46.6 Å². The summed E-state index contributed by atoms with van der Waals surface area (Å²) in [7, 11) is 2.41. The standard InChI is InChI=1S/C10H14N4O4S2/c1-10(2,7(12)9(18)14-5-16)20-19-3-6(11)8(17)13-4-15/h6-7H,3,11-12H2,1-2H3. The summed E-state index contributed by atoms with van der Waals surface area (Å²) in [4.78, 5) is 48.2. The van der Waals surface area contributed by atoms with Crippen LogP contribution in [0.3, 0.4) is 0 Å². The summed E-state index contributed by atoms with van der Waals surface area (Å²) in [5.41, 5.74) is 11.2. The minimum absolute atomic E-state index is 0.177. The molecule has 0 saturated carbocycles. The highest BCUT2D eigenvalue weighted by molar-refractivity contribution is 8.77. The van der Waals surface area contributed by atoms with E-state index in [9.17, 15) is 19.2 Å².